The molecule has 11 unspecified atom stereocenters. The molecule has 1 N–H and O–H groups in total. The second-order valence-corrected chi connectivity index (χ2v) is 15.5. The standard InChI is InChI=1S/C30H50O2/c1-18(2)19-9-12-26(5)15-16-29(8)28(7)14-10-20-25(3,4)22(31)11-13-27(20,6)21(28)17-23-30(29,32-23)24(19)26/h18-24,31H,9-17H2,1-8H3. The second kappa shape index (κ2) is 6.18. The molecule has 5 saturated carbocycles. The minimum atomic E-state index is -0.138. The number of aliphatic hydroxyl groups excluding tert-OH is 1. The molecule has 0 radical (unpaired) electrons. The first-order valence-corrected chi connectivity index (χ1v) is 14.1. The van der Waals surface area contributed by atoms with Gasteiger partial charge in [0.25, 0.3) is 0 Å². The Balaban J connectivity index is 1.44. The maximum atomic E-state index is 10.9. The maximum absolute atomic E-state index is 10.9. The summed E-state index contributed by atoms with van der Waals surface area (Å²) in [4.78, 5) is 0. The van der Waals surface area contributed by atoms with Crippen LogP contribution in [0.15, 0.2) is 0 Å². The van der Waals surface area contributed by atoms with Crippen LogP contribution >= 0.6 is 0 Å². The number of hydrogen-bond donors (Lipinski definition) is 1. The Kier molecular flexibility index (Phi) is 4.32. The van der Waals surface area contributed by atoms with Crippen LogP contribution < -0.4 is 0 Å². The van der Waals surface area contributed by atoms with Crippen molar-refractivity contribution in [1.82, 2.24) is 0 Å². The zero-order valence-corrected chi connectivity index (χ0v) is 22.3. The van der Waals surface area contributed by atoms with Crippen LogP contribution in [0.5, 0.6) is 0 Å². The van der Waals surface area contributed by atoms with E-state index in [9.17, 15) is 5.11 Å². The van der Waals surface area contributed by atoms with Gasteiger partial charge in [-0.25, -0.2) is 0 Å². The molecule has 0 aromatic heterocycles. The molecule has 0 amide bonds. The molecule has 6 fully saturated rings. The van der Waals surface area contributed by atoms with E-state index in [1.54, 1.807) is 0 Å². The number of hydrogen-bond acceptors (Lipinski definition) is 2. The van der Waals surface area contributed by atoms with Gasteiger partial charge in [0.05, 0.1) is 12.2 Å². The fourth-order valence-corrected chi connectivity index (χ4v) is 12.1. The van der Waals surface area contributed by atoms with Crippen molar-refractivity contribution in [3.8, 4) is 0 Å². The third-order valence-corrected chi connectivity index (χ3v) is 14.1. The van der Waals surface area contributed by atoms with Crippen molar-refractivity contribution in [2.24, 2.45) is 56.7 Å². The van der Waals surface area contributed by atoms with Crippen LogP contribution in [0, 0.1) is 56.7 Å². The molecule has 2 heteroatoms. The van der Waals surface area contributed by atoms with Gasteiger partial charge < -0.3 is 9.84 Å². The Morgan fingerprint density at radius 1 is 0.812 bits per heavy atom. The van der Waals surface area contributed by atoms with Gasteiger partial charge in [-0.2, -0.15) is 0 Å². The Bertz CT molecular complexity index is 818. The van der Waals surface area contributed by atoms with Gasteiger partial charge in [0.1, 0.15) is 5.60 Å². The predicted molar refractivity (Wildman–Crippen MR) is 130 cm³/mol. The first kappa shape index (κ1) is 22.4. The fraction of sp³-hybridized carbons (Fsp3) is 1.00. The first-order valence-electron chi connectivity index (χ1n) is 14.1. The Morgan fingerprint density at radius 3 is 2.22 bits per heavy atom. The average molecular weight is 443 g/mol. The van der Waals surface area contributed by atoms with Crippen LogP contribution in [0.2, 0.25) is 0 Å². The molecule has 0 aromatic carbocycles. The van der Waals surface area contributed by atoms with E-state index in [0.29, 0.717) is 33.7 Å². The third kappa shape index (κ3) is 2.23. The molecule has 1 spiro atoms. The SMILES string of the molecule is CC(C)C1CCC2(C)CCC3(C)C4(C)CCC5C(C)(C)C(O)CCC5(C)C4CC4OC43C12. The highest BCUT2D eigenvalue weighted by atomic mass is 16.6. The lowest BCUT2D eigenvalue weighted by atomic mass is 9.32. The van der Waals surface area contributed by atoms with Crippen molar-refractivity contribution < 1.29 is 9.84 Å². The first-order chi connectivity index (χ1) is 14.8. The van der Waals surface area contributed by atoms with E-state index in [4.69, 9.17) is 4.74 Å². The normalized spacial score (nSPS) is 62.4. The van der Waals surface area contributed by atoms with Crippen LogP contribution in [0.3, 0.4) is 0 Å². The van der Waals surface area contributed by atoms with Crippen molar-refractivity contribution in [2.45, 2.75) is 131 Å². The molecule has 0 aromatic rings. The summed E-state index contributed by atoms with van der Waals surface area (Å²) in [5.74, 6) is 3.72. The molecule has 2 nitrogen and oxygen atoms in total. The van der Waals surface area contributed by atoms with Gasteiger partial charge in [-0.1, -0.05) is 55.4 Å². The number of fused-ring (bicyclic) bond motifs is 5. The third-order valence-electron chi connectivity index (χ3n) is 14.1. The molecular weight excluding hydrogens is 392 g/mol. The minimum Gasteiger partial charge on any atom is -0.393 e. The molecule has 182 valence electrons. The van der Waals surface area contributed by atoms with Crippen molar-refractivity contribution in [2.75, 3.05) is 0 Å². The lowest BCUT2D eigenvalue weighted by Crippen LogP contribution is -2.70. The summed E-state index contributed by atoms with van der Waals surface area (Å²) in [6.07, 6.45) is 12.0. The molecule has 1 saturated heterocycles. The van der Waals surface area contributed by atoms with Gasteiger partial charge in [-0.3, -0.25) is 0 Å². The summed E-state index contributed by atoms with van der Waals surface area (Å²) >= 11 is 0. The fourth-order valence-electron chi connectivity index (χ4n) is 12.1. The van der Waals surface area contributed by atoms with Gasteiger partial charge in [0.15, 0.2) is 0 Å². The zero-order valence-electron chi connectivity index (χ0n) is 22.3. The van der Waals surface area contributed by atoms with E-state index < -0.39 is 0 Å². The lowest BCUT2D eigenvalue weighted by Gasteiger charge is -2.71. The molecule has 0 bridgehead atoms. The molecule has 32 heavy (non-hydrogen) atoms. The van der Waals surface area contributed by atoms with E-state index in [1.165, 1.54) is 51.4 Å². The van der Waals surface area contributed by atoms with E-state index in [1.807, 2.05) is 0 Å². The van der Waals surface area contributed by atoms with Crippen LogP contribution in [0.1, 0.15) is 113 Å². The van der Waals surface area contributed by atoms with Crippen LogP contribution in [-0.2, 0) is 4.74 Å². The average Bonchev–Trinajstić information content (AvgIpc) is 3.31. The molecule has 6 rings (SSSR count). The molecule has 11 atom stereocenters. The molecule has 1 heterocycles. The van der Waals surface area contributed by atoms with Gasteiger partial charge in [-0.05, 0) is 109 Å². The number of epoxide rings is 1. The van der Waals surface area contributed by atoms with E-state index in [2.05, 4.69) is 55.4 Å². The second-order valence-electron chi connectivity index (χ2n) is 15.5. The molecule has 6 aliphatic rings. The van der Waals surface area contributed by atoms with Gasteiger partial charge in [0.2, 0.25) is 0 Å². The Labute approximate surface area is 197 Å². The highest BCUT2D eigenvalue weighted by Gasteiger charge is 2.84. The Morgan fingerprint density at radius 2 is 1.53 bits per heavy atom. The van der Waals surface area contributed by atoms with Crippen LogP contribution in [-0.4, -0.2) is 22.9 Å². The molecule has 5 aliphatic carbocycles. The van der Waals surface area contributed by atoms with Crippen molar-refractivity contribution >= 4 is 0 Å². The summed E-state index contributed by atoms with van der Waals surface area (Å²) in [5, 5.41) is 10.9. The highest BCUT2D eigenvalue weighted by Crippen LogP contribution is 2.83. The van der Waals surface area contributed by atoms with E-state index in [0.717, 1.165) is 30.1 Å². The van der Waals surface area contributed by atoms with Crippen LogP contribution in [0.25, 0.3) is 0 Å². The monoisotopic (exact) mass is 442 g/mol. The minimum absolute atomic E-state index is 0.0352. The summed E-state index contributed by atoms with van der Waals surface area (Å²) in [6, 6.07) is 0. The molecule has 1 aliphatic heterocycles. The summed E-state index contributed by atoms with van der Waals surface area (Å²) in [5.41, 5.74) is 1.66. The number of rotatable bonds is 1. The van der Waals surface area contributed by atoms with Crippen LogP contribution in [0.4, 0.5) is 0 Å². The van der Waals surface area contributed by atoms with E-state index in [-0.39, 0.29) is 17.1 Å². The largest absolute Gasteiger partial charge is 0.393 e. The number of aliphatic hydroxyl groups is 1. The highest BCUT2D eigenvalue weighted by molar-refractivity contribution is 5.32. The van der Waals surface area contributed by atoms with Crippen molar-refractivity contribution in [3.05, 3.63) is 0 Å². The smallest absolute Gasteiger partial charge is 0.104 e. The zero-order chi connectivity index (χ0) is 23.1. The maximum Gasteiger partial charge on any atom is 0.104 e. The number of ether oxygens (including phenoxy) is 1. The van der Waals surface area contributed by atoms with Crippen molar-refractivity contribution in [3.63, 3.8) is 0 Å². The van der Waals surface area contributed by atoms with E-state index >= 15 is 0 Å². The Hall–Kier alpha value is -0.0800. The summed E-state index contributed by atoms with van der Waals surface area (Å²) < 4.78 is 7.14. The lowest BCUT2D eigenvalue weighted by molar-refractivity contribution is -0.237. The van der Waals surface area contributed by atoms with Crippen molar-refractivity contribution in [1.29, 1.82) is 0 Å². The summed E-state index contributed by atoms with van der Waals surface area (Å²) in [7, 11) is 0. The van der Waals surface area contributed by atoms with Gasteiger partial charge in [-0.15, -0.1) is 0 Å². The van der Waals surface area contributed by atoms with Gasteiger partial charge >= 0.3 is 0 Å². The topological polar surface area (TPSA) is 32.8 Å². The quantitative estimate of drug-likeness (QED) is 0.434. The summed E-state index contributed by atoms with van der Waals surface area (Å²) in [6.45, 7) is 20.3. The van der Waals surface area contributed by atoms with Gasteiger partial charge in [0, 0.05) is 5.41 Å². The molecular formula is C30H50O2. The predicted octanol–water partition coefficient (Wildman–Crippen LogP) is 7.24.